The van der Waals surface area contributed by atoms with Gasteiger partial charge in [0.25, 0.3) is 0 Å². The number of alkyl halides is 4. The maximum Gasteiger partial charge on any atom is 0.415 e. The van der Waals surface area contributed by atoms with E-state index in [-0.39, 0.29) is 35.5 Å². The smallest absolute Gasteiger partial charge is 0.415 e. The molecule has 0 N–H and O–H groups in total. The van der Waals surface area contributed by atoms with Crippen molar-refractivity contribution in [2.24, 2.45) is 35.5 Å². The molecule has 2 rings (SSSR count). The van der Waals surface area contributed by atoms with E-state index in [1.807, 2.05) is 41.5 Å². The first kappa shape index (κ1) is 26.9. The third-order valence-electron chi connectivity index (χ3n) is 7.35. The van der Waals surface area contributed by atoms with Gasteiger partial charge in [-0.05, 0) is 61.2 Å². The van der Waals surface area contributed by atoms with E-state index in [1.165, 1.54) is 0 Å². The molecule has 8 heteroatoms. The van der Waals surface area contributed by atoms with Gasteiger partial charge in [0.05, 0.1) is 0 Å². The van der Waals surface area contributed by atoms with E-state index in [0.717, 1.165) is 12.8 Å². The summed E-state index contributed by atoms with van der Waals surface area (Å²) in [6.07, 6.45) is 1.93. The van der Waals surface area contributed by atoms with Crippen molar-refractivity contribution in [3.8, 4) is 0 Å². The molecule has 0 spiro atoms. The molecule has 0 bridgehead atoms. The van der Waals surface area contributed by atoms with Crippen LogP contribution in [0, 0.1) is 35.5 Å². The lowest BCUT2D eigenvalue weighted by Crippen LogP contribution is -2.56. The van der Waals surface area contributed by atoms with Crippen LogP contribution in [0.3, 0.4) is 0 Å². The van der Waals surface area contributed by atoms with Crippen LogP contribution < -0.4 is 0 Å². The molecule has 0 aliphatic heterocycles. The fourth-order valence-corrected chi connectivity index (χ4v) is 5.18. The number of esters is 2. The molecule has 0 aromatic heterocycles. The highest BCUT2D eigenvalue weighted by Crippen LogP contribution is 2.42. The molecular formula is C24H38F4O4. The van der Waals surface area contributed by atoms with Crippen molar-refractivity contribution in [1.29, 1.82) is 0 Å². The van der Waals surface area contributed by atoms with Crippen molar-refractivity contribution < 1.29 is 36.6 Å². The van der Waals surface area contributed by atoms with Crippen molar-refractivity contribution in [3.05, 3.63) is 0 Å². The summed E-state index contributed by atoms with van der Waals surface area (Å²) >= 11 is 0. The van der Waals surface area contributed by atoms with Crippen molar-refractivity contribution in [2.45, 2.75) is 104 Å². The molecule has 2 saturated carbocycles. The van der Waals surface area contributed by atoms with Crippen molar-refractivity contribution in [1.82, 2.24) is 0 Å². The maximum atomic E-state index is 14.6. The number of hydrogen-bond donors (Lipinski definition) is 0. The van der Waals surface area contributed by atoms with Gasteiger partial charge in [-0.3, -0.25) is 0 Å². The monoisotopic (exact) mass is 466 g/mol. The molecule has 6 atom stereocenters. The Morgan fingerprint density at radius 2 is 1.00 bits per heavy atom. The lowest BCUT2D eigenvalue weighted by atomic mass is 9.75. The number of halogens is 4. The van der Waals surface area contributed by atoms with Crippen molar-refractivity contribution >= 4 is 11.9 Å². The topological polar surface area (TPSA) is 52.6 Å². The first-order chi connectivity index (χ1) is 14.7. The van der Waals surface area contributed by atoms with E-state index < -0.39 is 36.0 Å². The molecule has 2 fully saturated rings. The minimum Gasteiger partial charge on any atom is -0.457 e. The van der Waals surface area contributed by atoms with Crippen LogP contribution in [0.5, 0.6) is 0 Å². The zero-order valence-electron chi connectivity index (χ0n) is 20.0. The van der Waals surface area contributed by atoms with Gasteiger partial charge in [0.2, 0.25) is 0 Å². The maximum absolute atomic E-state index is 14.6. The van der Waals surface area contributed by atoms with Crippen molar-refractivity contribution in [3.63, 3.8) is 0 Å². The number of ether oxygens (including phenoxy) is 2. The minimum absolute atomic E-state index is 0.0423. The summed E-state index contributed by atoms with van der Waals surface area (Å²) in [5.74, 6) is -15.4. The number of carbonyl (C=O) groups excluding carboxylic acids is 2. The van der Waals surface area contributed by atoms with Gasteiger partial charge in [0.15, 0.2) is 0 Å². The highest BCUT2D eigenvalue weighted by Gasteiger charge is 2.70. The normalized spacial score (nSPS) is 32.1. The van der Waals surface area contributed by atoms with Crippen LogP contribution in [0.15, 0.2) is 0 Å². The number of rotatable bonds is 7. The van der Waals surface area contributed by atoms with Gasteiger partial charge >= 0.3 is 23.8 Å². The lowest BCUT2D eigenvalue weighted by Gasteiger charge is -2.38. The quantitative estimate of drug-likeness (QED) is 0.328. The molecule has 32 heavy (non-hydrogen) atoms. The second-order valence-electron chi connectivity index (χ2n) is 10.7. The summed E-state index contributed by atoms with van der Waals surface area (Å²) in [5, 5.41) is 0. The molecule has 6 unspecified atom stereocenters. The zero-order valence-corrected chi connectivity index (χ0v) is 20.0. The third-order valence-corrected chi connectivity index (χ3v) is 7.35. The van der Waals surface area contributed by atoms with E-state index in [0.29, 0.717) is 25.7 Å². The third kappa shape index (κ3) is 5.77. The molecule has 186 valence electrons. The van der Waals surface area contributed by atoms with Crippen LogP contribution in [0.1, 0.15) is 80.1 Å². The highest BCUT2D eigenvalue weighted by atomic mass is 19.3. The fraction of sp³-hybridized carbons (Fsp3) is 0.917. The van der Waals surface area contributed by atoms with Crippen LogP contribution in [0.2, 0.25) is 0 Å². The number of carbonyl (C=O) groups is 2. The van der Waals surface area contributed by atoms with Gasteiger partial charge in [-0.2, -0.15) is 17.6 Å². The Morgan fingerprint density at radius 3 is 1.28 bits per heavy atom. The Morgan fingerprint density at radius 1 is 0.688 bits per heavy atom. The first-order valence-electron chi connectivity index (χ1n) is 11.9. The van der Waals surface area contributed by atoms with Crippen LogP contribution in [0.25, 0.3) is 0 Å². The van der Waals surface area contributed by atoms with Crippen molar-refractivity contribution in [2.75, 3.05) is 0 Å². The Balaban J connectivity index is 2.13. The molecule has 4 nitrogen and oxygen atoms in total. The standard InChI is InChI=1S/C24H38F4O4/c1-13(2)17-9-7-15(5)11-19(17)31-21(29)23(25,26)24(27,28)22(30)32-20-12-16(6)8-10-18(20)14(3)4/h13-20H,7-12H2,1-6H3. The van der Waals surface area contributed by atoms with E-state index in [2.05, 4.69) is 0 Å². The largest absolute Gasteiger partial charge is 0.457 e. The number of hydrogen-bond acceptors (Lipinski definition) is 4. The molecular weight excluding hydrogens is 428 g/mol. The van der Waals surface area contributed by atoms with Gasteiger partial charge in [-0.1, -0.05) is 54.4 Å². The summed E-state index contributed by atoms with van der Waals surface area (Å²) in [5.41, 5.74) is 0. The van der Waals surface area contributed by atoms with Gasteiger partial charge in [-0.25, -0.2) is 9.59 Å². The van der Waals surface area contributed by atoms with E-state index in [1.54, 1.807) is 0 Å². The fourth-order valence-electron chi connectivity index (χ4n) is 5.18. The summed E-state index contributed by atoms with van der Waals surface area (Å²) in [6.45, 7) is 11.3. The lowest BCUT2D eigenvalue weighted by molar-refractivity contribution is -0.246. The molecule has 2 aliphatic carbocycles. The van der Waals surface area contributed by atoms with Gasteiger partial charge < -0.3 is 9.47 Å². The average molecular weight is 467 g/mol. The Kier molecular flexibility index (Phi) is 8.65. The Labute approximate surface area is 188 Å². The molecule has 0 saturated heterocycles. The zero-order chi connectivity index (χ0) is 24.4. The molecule has 0 aromatic carbocycles. The van der Waals surface area contributed by atoms with E-state index >= 15 is 0 Å². The van der Waals surface area contributed by atoms with E-state index in [4.69, 9.17) is 9.47 Å². The van der Waals surface area contributed by atoms with Crippen LogP contribution >= 0.6 is 0 Å². The molecule has 0 aromatic rings. The minimum atomic E-state index is -5.31. The highest BCUT2D eigenvalue weighted by molar-refractivity contribution is 5.90. The SMILES string of the molecule is CC1CCC(C(C)C)C(OC(=O)C(F)(F)C(F)(F)C(=O)OC2CC(C)CCC2C(C)C)C1. The average Bonchev–Trinajstić information content (AvgIpc) is 2.67. The Hall–Kier alpha value is -1.34. The predicted octanol–water partition coefficient (Wildman–Crippen LogP) is 6.27. The summed E-state index contributed by atoms with van der Waals surface area (Å²) in [4.78, 5) is 24.4. The second kappa shape index (κ2) is 10.3. The molecule has 0 heterocycles. The summed E-state index contributed by atoms with van der Waals surface area (Å²) in [7, 11) is 0. The van der Waals surface area contributed by atoms with Gasteiger partial charge in [0.1, 0.15) is 12.2 Å². The van der Waals surface area contributed by atoms with E-state index in [9.17, 15) is 27.2 Å². The van der Waals surface area contributed by atoms with Crippen LogP contribution in [0.4, 0.5) is 17.6 Å². The molecule has 0 radical (unpaired) electrons. The second-order valence-corrected chi connectivity index (χ2v) is 10.7. The molecule has 2 aliphatic rings. The Bertz CT molecular complexity index is 608. The summed E-state index contributed by atoms with van der Waals surface area (Å²) < 4.78 is 68.2. The first-order valence-corrected chi connectivity index (χ1v) is 11.9. The predicted molar refractivity (Wildman–Crippen MR) is 112 cm³/mol. The van der Waals surface area contributed by atoms with Crippen LogP contribution in [-0.4, -0.2) is 36.0 Å². The molecule has 0 amide bonds. The van der Waals surface area contributed by atoms with Gasteiger partial charge in [-0.15, -0.1) is 0 Å². The van der Waals surface area contributed by atoms with Crippen LogP contribution in [-0.2, 0) is 19.1 Å². The van der Waals surface area contributed by atoms with Gasteiger partial charge in [0, 0.05) is 0 Å². The summed E-state index contributed by atoms with van der Waals surface area (Å²) in [6, 6.07) is 0.